The SMILES string of the molecule is COc1ccc(S(=O)(=O)N2CCCCC2)cc1CCC(=O)Nc1ccccc1Sc1ccccc1. The molecule has 0 saturated carbocycles. The fourth-order valence-corrected chi connectivity index (χ4v) is 6.59. The van der Waals surface area contributed by atoms with Gasteiger partial charge in [-0.1, -0.05) is 48.5 Å². The van der Waals surface area contributed by atoms with Crippen LogP contribution in [-0.4, -0.2) is 38.8 Å². The van der Waals surface area contributed by atoms with E-state index in [2.05, 4.69) is 5.32 Å². The van der Waals surface area contributed by atoms with Crippen LogP contribution in [0.15, 0.2) is 87.5 Å². The number of sulfonamides is 1. The van der Waals surface area contributed by atoms with Crippen LogP contribution in [0.3, 0.4) is 0 Å². The normalized spacial score (nSPS) is 14.4. The maximum Gasteiger partial charge on any atom is 0.243 e. The molecule has 3 aromatic carbocycles. The molecule has 1 amide bonds. The fraction of sp³-hybridized carbons (Fsp3) is 0.296. The number of hydrogen-bond acceptors (Lipinski definition) is 5. The van der Waals surface area contributed by atoms with Crippen molar-refractivity contribution in [3.8, 4) is 5.75 Å². The third-order valence-electron chi connectivity index (χ3n) is 5.96. The molecular weight excluding hydrogens is 480 g/mol. The highest BCUT2D eigenvalue weighted by atomic mass is 32.2. The van der Waals surface area contributed by atoms with Crippen molar-refractivity contribution in [3.63, 3.8) is 0 Å². The van der Waals surface area contributed by atoms with Crippen molar-refractivity contribution >= 4 is 33.4 Å². The number of nitrogens with one attached hydrogen (secondary N) is 1. The van der Waals surface area contributed by atoms with Gasteiger partial charge >= 0.3 is 0 Å². The van der Waals surface area contributed by atoms with Gasteiger partial charge in [0.2, 0.25) is 15.9 Å². The first-order valence-corrected chi connectivity index (χ1v) is 14.0. The Balaban J connectivity index is 1.45. The second kappa shape index (κ2) is 11.7. The van der Waals surface area contributed by atoms with E-state index in [0.717, 1.165) is 34.7 Å². The summed E-state index contributed by atoms with van der Waals surface area (Å²) in [4.78, 5) is 15.1. The smallest absolute Gasteiger partial charge is 0.243 e. The highest BCUT2D eigenvalue weighted by molar-refractivity contribution is 7.99. The minimum Gasteiger partial charge on any atom is -0.496 e. The molecule has 184 valence electrons. The van der Waals surface area contributed by atoms with E-state index in [1.165, 1.54) is 0 Å². The van der Waals surface area contributed by atoms with Crippen molar-refractivity contribution in [1.82, 2.24) is 4.31 Å². The van der Waals surface area contributed by atoms with Gasteiger partial charge in [0.25, 0.3) is 0 Å². The summed E-state index contributed by atoms with van der Waals surface area (Å²) in [6.45, 7) is 1.10. The van der Waals surface area contributed by atoms with Gasteiger partial charge in [0, 0.05) is 29.3 Å². The molecule has 0 spiro atoms. The zero-order valence-corrected chi connectivity index (χ0v) is 21.4. The van der Waals surface area contributed by atoms with E-state index >= 15 is 0 Å². The van der Waals surface area contributed by atoms with E-state index in [1.54, 1.807) is 41.4 Å². The van der Waals surface area contributed by atoms with Crippen molar-refractivity contribution < 1.29 is 17.9 Å². The van der Waals surface area contributed by atoms with Crippen LogP contribution in [0.4, 0.5) is 5.69 Å². The molecule has 1 aliphatic rings. The van der Waals surface area contributed by atoms with E-state index in [1.807, 2.05) is 54.6 Å². The van der Waals surface area contributed by atoms with Crippen LogP contribution in [0.1, 0.15) is 31.2 Å². The Morgan fingerprint density at radius 2 is 1.69 bits per heavy atom. The van der Waals surface area contributed by atoms with Crippen LogP contribution in [0, 0.1) is 0 Å². The number of carbonyl (C=O) groups is 1. The molecule has 35 heavy (non-hydrogen) atoms. The Morgan fingerprint density at radius 3 is 2.43 bits per heavy atom. The summed E-state index contributed by atoms with van der Waals surface area (Å²) in [5.74, 6) is 0.438. The zero-order valence-electron chi connectivity index (χ0n) is 19.8. The van der Waals surface area contributed by atoms with Crippen molar-refractivity contribution in [3.05, 3.63) is 78.4 Å². The number of carbonyl (C=O) groups excluding carboxylic acids is 1. The summed E-state index contributed by atoms with van der Waals surface area (Å²) < 4.78 is 33.2. The van der Waals surface area contributed by atoms with Gasteiger partial charge in [-0.15, -0.1) is 0 Å². The minimum atomic E-state index is -3.56. The van der Waals surface area contributed by atoms with Crippen molar-refractivity contribution in [2.24, 2.45) is 0 Å². The molecule has 1 fully saturated rings. The maximum atomic E-state index is 13.1. The van der Waals surface area contributed by atoms with Crippen molar-refractivity contribution in [2.45, 2.75) is 46.8 Å². The lowest BCUT2D eigenvalue weighted by molar-refractivity contribution is -0.116. The molecule has 1 saturated heterocycles. The summed E-state index contributed by atoms with van der Waals surface area (Å²) >= 11 is 1.59. The molecule has 0 aliphatic carbocycles. The van der Waals surface area contributed by atoms with Crippen LogP contribution in [-0.2, 0) is 21.2 Å². The molecular formula is C27H30N2O4S2. The first-order valence-electron chi connectivity index (χ1n) is 11.8. The summed E-state index contributed by atoms with van der Waals surface area (Å²) in [6.07, 6.45) is 3.39. The molecule has 6 nitrogen and oxygen atoms in total. The third-order valence-corrected chi connectivity index (χ3v) is 8.94. The van der Waals surface area contributed by atoms with E-state index in [9.17, 15) is 13.2 Å². The van der Waals surface area contributed by atoms with E-state index in [4.69, 9.17) is 4.74 Å². The summed E-state index contributed by atoms with van der Waals surface area (Å²) in [6, 6.07) is 22.6. The number of methoxy groups -OCH3 is 1. The average Bonchev–Trinajstić information content (AvgIpc) is 2.89. The highest BCUT2D eigenvalue weighted by Gasteiger charge is 2.26. The first-order chi connectivity index (χ1) is 17.0. The Morgan fingerprint density at radius 1 is 0.971 bits per heavy atom. The van der Waals surface area contributed by atoms with Crippen molar-refractivity contribution in [2.75, 3.05) is 25.5 Å². The molecule has 1 heterocycles. The van der Waals surface area contributed by atoms with E-state index < -0.39 is 10.0 Å². The molecule has 0 bridgehead atoms. The van der Waals surface area contributed by atoms with Gasteiger partial charge in [-0.2, -0.15) is 4.31 Å². The first kappa shape index (κ1) is 25.3. The standard InChI is InChI=1S/C27H30N2O4S2/c1-33-25-16-15-23(35(31,32)29-18-8-3-9-19-29)20-21(25)14-17-27(30)28-24-12-6-7-13-26(24)34-22-10-4-2-5-11-22/h2,4-7,10-13,15-16,20H,3,8-9,14,17-19H2,1H3,(H,28,30). The predicted molar refractivity (Wildman–Crippen MR) is 140 cm³/mol. The van der Waals surface area contributed by atoms with E-state index in [0.29, 0.717) is 30.8 Å². The lowest BCUT2D eigenvalue weighted by Gasteiger charge is -2.26. The largest absolute Gasteiger partial charge is 0.496 e. The number of rotatable bonds is 9. The fourth-order valence-electron chi connectivity index (χ4n) is 4.10. The second-order valence-corrected chi connectivity index (χ2v) is 11.5. The Labute approximate surface area is 211 Å². The third kappa shape index (κ3) is 6.45. The molecule has 0 unspecified atom stereocenters. The van der Waals surface area contributed by atoms with Crippen LogP contribution in [0.25, 0.3) is 0 Å². The van der Waals surface area contributed by atoms with Gasteiger partial charge in [0.05, 0.1) is 17.7 Å². The molecule has 4 rings (SSSR count). The van der Waals surface area contributed by atoms with Gasteiger partial charge in [-0.05, 0) is 67.3 Å². The number of anilines is 1. The lowest BCUT2D eigenvalue weighted by atomic mass is 10.1. The number of aryl methyl sites for hydroxylation is 1. The Kier molecular flexibility index (Phi) is 8.49. The zero-order chi connectivity index (χ0) is 24.7. The predicted octanol–water partition coefficient (Wildman–Crippen LogP) is 5.59. The van der Waals surface area contributed by atoms with Gasteiger partial charge in [0.15, 0.2) is 0 Å². The Hall–Kier alpha value is -2.81. The van der Waals surface area contributed by atoms with Crippen LogP contribution >= 0.6 is 11.8 Å². The lowest BCUT2D eigenvalue weighted by Crippen LogP contribution is -2.35. The van der Waals surface area contributed by atoms with Gasteiger partial charge in [0.1, 0.15) is 5.75 Å². The number of nitrogens with zero attached hydrogens (tertiary/aromatic N) is 1. The molecule has 0 aromatic heterocycles. The number of benzene rings is 3. The number of piperidine rings is 1. The van der Waals surface area contributed by atoms with Gasteiger partial charge in [-0.3, -0.25) is 4.79 Å². The number of hydrogen-bond donors (Lipinski definition) is 1. The molecule has 8 heteroatoms. The maximum absolute atomic E-state index is 13.1. The second-order valence-electron chi connectivity index (χ2n) is 8.40. The van der Waals surface area contributed by atoms with Gasteiger partial charge < -0.3 is 10.1 Å². The highest BCUT2D eigenvalue weighted by Crippen LogP contribution is 2.33. The topological polar surface area (TPSA) is 75.7 Å². The van der Waals surface area contributed by atoms with E-state index in [-0.39, 0.29) is 17.2 Å². The average molecular weight is 511 g/mol. The van der Waals surface area contributed by atoms with Crippen molar-refractivity contribution in [1.29, 1.82) is 0 Å². The molecule has 1 N–H and O–H groups in total. The van der Waals surface area contributed by atoms with Gasteiger partial charge in [-0.25, -0.2) is 8.42 Å². The molecule has 0 atom stereocenters. The number of amides is 1. The van der Waals surface area contributed by atoms with Crippen LogP contribution in [0.2, 0.25) is 0 Å². The minimum absolute atomic E-state index is 0.141. The monoisotopic (exact) mass is 510 g/mol. The Bertz CT molecular complexity index is 1260. The summed E-state index contributed by atoms with van der Waals surface area (Å²) in [5.41, 5.74) is 1.45. The summed E-state index contributed by atoms with van der Waals surface area (Å²) in [5, 5.41) is 3.01. The number of ether oxygens (including phenoxy) is 1. The number of para-hydroxylation sites is 1. The summed E-state index contributed by atoms with van der Waals surface area (Å²) in [7, 11) is -2.01. The quantitative estimate of drug-likeness (QED) is 0.406. The molecule has 0 radical (unpaired) electrons. The van der Waals surface area contributed by atoms with Crippen LogP contribution in [0.5, 0.6) is 5.75 Å². The molecule has 1 aliphatic heterocycles. The van der Waals surface area contributed by atoms with Crippen LogP contribution < -0.4 is 10.1 Å². The molecule has 3 aromatic rings.